The first-order chi connectivity index (χ1) is 14.1. The average Bonchev–Trinajstić information content (AvgIpc) is 3.23. The number of halogens is 1. The third kappa shape index (κ3) is 3.71. The second-order valence-electron chi connectivity index (χ2n) is 6.37. The Bertz CT molecular complexity index is 1060. The summed E-state index contributed by atoms with van der Waals surface area (Å²) in [7, 11) is 0. The fraction of sp³-hybridized carbons (Fsp3) is 0.143. The minimum atomic E-state index is -0.249. The van der Waals surface area contributed by atoms with Crippen LogP contribution in [0.3, 0.4) is 0 Å². The molecular weight excluding hydrogens is 408 g/mol. The molecule has 0 saturated heterocycles. The van der Waals surface area contributed by atoms with E-state index < -0.39 is 0 Å². The van der Waals surface area contributed by atoms with Crippen LogP contribution in [0.2, 0.25) is 5.02 Å². The van der Waals surface area contributed by atoms with Crippen molar-refractivity contribution in [3.8, 4) is 11.4 Å². The molecule has 0 unspecified atom stereocenters. The van der Waals surface area contributed by atoms with Crippen LogP contribution in [0.5, 0.6) is 0 Å². The maximum absolute atomic E-state index is 12.5. The highest BCUT2D eigenvalue weighted by Gasteiger charge is 2.34. The highest BCUT2D eigenvalue weighted by Crippen LogP contribution is 2.27. The molecule has 1 aliphatic heterocycles. The van der Waals surface area contributed by atoms with Gasteiger partial charge in [-0.3, -0.25) is 19.1 Å². The summed E-state index contributed by atoms with van der Waals surface area (Å²) in [6, 6.07) is 14.3. The predicted octanol–water partition coefficient (Wildman–Crippen LogP) is 4.17. The molecule has 0 N–H and O–H groups in total. The van der Waals surface area contributed by atoms with E-state index in [0.717, 1.165) is 5.56 Å². The number of carbonyl (C=O) groups excluding carboxylic acids is 2. The maximum Gasteiger partial charge on any atom is 0.261 e. The lowest BCUT2D eigenvalue weighted by Crippen LogP contribution is -2.31. The molecule has 1 aliphatic rings. The van der Waals surface area contributed by atoms with Crippen molar-refractivity contribution in [2.45, 2.75) is 11.7 Å². The van der Waals surface area contributed by atoms with Gasteiger partial charge in [-0.1, -0.05) is 41.6 Å². The Balaban J connectivity index is 1.48. The van der Waals surface area contributed by atoms with Crippen molar-refractivity contribution < 1.29 is 9.59 Å². The van der Waals surface area contributed by atoms with Crippen LogP contribution in [0.25, 0.3) is 11.4 Å². The van der Waals surface area contributed by atoms with Gasteiger partial charge in [0.1, 0.15) is 0 Å². The zero-order valence-corrected chi connectivity index (χ0v) is 17.0. The first kappa shape index (κ1) is 19.4. The SMILES string of the molecule is C=CCn1c(SCCN2C(=O)c3ccccc3C2=O)nnc1-c1ccc(Cl)cc1. The van der Waals surface area contributed by atoms with Gasteiger partial charge in [0.05, 0.1) is 11.1 Å². The van der Waals surface area contributed by atoms with E-state index in [4.69, 9.17) is 11.6 Å². The highest BCUT2D eigenvalue weighted by atomic mass is 35.5. The molecule has 2 amide bonds. The molecule has 0 fully saturated rings. The fourth-order valence-electron chi connectivity index (χ4n) is 3.17. The number of fused-ring (bicyclic) bond motifs is 1. The Morgan fingerprint density at radius 2 is 1.66 bits per heavy atom. The van der Waals surface area contributed by atoms with Crippen molar-refractivity contribution in [3.05, 3.63) is 77.3 Å². The Labute approximate surface area is 177 Å². The largest absolute Gasteiger partial charge is 0.298 e. The smallest absolute Gasteiger partial charge is 0.261 e. The molecule has 8 heteroatoms. The van der Waals surface area contributed by atoms with Crippen molar-refractivity contribution >= 4 is 35.2 Å². The van der Waals surface area contributed by atoms with E-state index in [9.17, 15) is 9.59 Å². The minimum Gasteiger partial charge on any atom is -0.298 e. The van der Waals surface area contributed by atoms with Crippen LogP contribution >= 0.6 is 23.4 Å². The van der Waals surface area contributed by atoms with Crippen LogP contribution in [0.1, 0.15) is 20.7 Å². The van der Waals surface area contributed by atoms with Crippen LogP contribution in [-0.4, -0.2) is 43.8 Å². The van der Waals surface area contributed by atoms with Gasteiger partial charge in [0, 0.05) is 29.4 Å². The molecule has 0 atom stereocenters. The van der Waals surface area contributed by atoms with Crippen LogP contribution in [-0.2, 0) is 6.54 Å². The molecule has 0 aliphatic carbocycles. The van der Waals surface area contributed by atoms with Crippen molar-refractivity contribution in [1.82, 2.24) is 19.7 Å². The molecule has 6 nitrogen and oxygen atoms in total. The number of amides is 2. The molecule has 2 heterocycles. The van der Waals surface area contributed by atoms with Gasteiger partial charge in [0.25, 0.3) is 11.8 Å². The number of hydrogen-bond acceptors (Lipinski definition) is 5. The fourth-order valence-corrected chi connectivity index (χ4v) is 4.17. The number of imide groups is 1. The van der Waals surface area contributed by atoms with Gasteiger partial charge in [0.15, 0.2) is 11.0 Å². The van der Waals surface area contributed by atoms with E-state index >= 15 is 0 Å². The lowest BCUT2D eigenvalue weighted by atomic mass is 10.1. The van der Waals surface area contributed by atoms with E-state index in [1.807, 2.05) is 16.7 Å². The molecule has 0 radical (unpaired) electrons. The molecule has 1 aromatic heterocycles. The third-order valence-corrected chi connectivity index (χ3v) is 5.75. The van der Waals surface area contributed by atoms with Gasteiger partial charge in [-0.15, -0.1) is 16.8 Å². The zero-order chi connectivity index (χ0) is 20.4. The van der Waals surface area contributed by atoms with Gasteiger partial charge in [-0.05, 0) is 36.4 Å². The number of rotatable bonds is 7. The topological polar surface area (TPSA) is 68.1 Å². The maximum atomic E-state index is 12.5. The Morgan fingerprint density at radius 3 is 2.28 bits per heavy atom. The molecule has 0 spiro atoms. The molecule has 0 saturated carbocycles. The number of carbonyl (C=O) groups is 2. The van der Waals surface area contributed by atoms with Gasteiger partial charge in [-0.25, -0.2) is 0 Å². The summed E-state index contributed by atoms with van der Waals surface area (Å²) in [5.74, 6) is 0.729. The van der Waals surface area contributed by atoms with Crippen molar-refractivity contribution in [2.24, 2.45) is 0 Å². The van der Waals surface area contributed by atoms with E-state index in [1.54, 1.807) is 42.5 Å². The monoisotopic (exact) mass is 424 g/mol. The molecule has 4 rings (SSSR count). The second-order valence-corrected chi connectivity index (χ2v) is 7.87. The minimum absolute atomic E-state index is 0.249. The summed E-state index contributed by atoms with van der Waals surface area (Å²) in [6.45, 7) is 4.65. The number of aromatic nitrogens is 3. The number of thioether (sulfide) groups is 1. The number of benzene rings is 2. The molecular formula is C21H17ClN4O2S. The number of nitrogens with zero attached hydrogens (tertiary/aromatic N) is 4. The predicted molar refractivity (Wildman–Crippen MR) is 113 cm³/mol. The highest BCUT2D eigenvalue weighted by molar-refractivity contribution is 7.99. The number of allylic oxidation sites excluding steroid dienone is 1. The summed E-state index contributed by atoms with van der Waals surface area (Å²) < 4.78 is 1.95. The number of hydrogen-bond donors (Lipinski definition) is 0. The quantitative estimate of drug-likeness (QED) is 0.323. The second kappa shape index (κ2) is 8.23. The lowest BCUT2D eigenvalue weighted by Gasteiger charge is -2.13. The molecule has 146 valence electrons. The molecule has 29 heavy (non-hydrogen) atoms. The van der Waals surface area contributed by atoms with Gasteiger partial charge in [-0.2, -0.15) is 0 Å². The Kier molecular flexibility index (Phi) is 5.51. The molecule has 3 aromatic rings. The van der Waals surface area contributed by atoms with Crippen molar-refractivity contribution in [3.63, 3.8) is 0 Å². The summed E-state index contributed by atoms with van der Waals surface area (Å²) in [5, 5.41) is 9.94. The van der Waals surface area contributed by atoms with E-state index in [2.05, 4.69) is 16.8 Å². The summed E-state index contributed by atoms with van der Waals surface area (Å²) in [5.41, 5.74) is 1.82. The van der Waals surface area contributed by atoms with Crippen LogP contribution in [0.15, 0.2) is 66.3 Å². The molecule has 2 aromatic carbocycles. The van der Waals surface area contributed by atoms with Crippen LogP contribution < -0.4 is 0 Å². The van der Waals surface area contributed by atoms with Crippen LogP contribution in [0, 0.1) is 0 Å². The standard InChI is InChI=1S/C21H17ClN4O2S/c1-2-11-25-18(14-7-9-15(22)10-8-14)23-24-21(25)29-13-12-26-19(27)16-5-3-4-6-17(16)20(26)28/h2-10H,1,11-13H2. The third-order valence-electron chi connectivity index (χ3n) is 4.56. The van der Waals surface area contributed by atoms with E-state index in [1.165, 1.54) is 16.7 Å². The first-order valence-electron chi connectivity index (χ1n) is 8.98. The normalized spacial score (nSPS) is 13.1. The lowest BCUT2D eigenvalue weighted by molar-refractivity contribution is 0.0664. The van der Waals surface area contributed by atoms with Gasteiger partial charge in [0.2, 0.25) is 0 Å². The summed E-state index contributed by atoms with van der Waals surface area (Å²) in [4.78, 5) is 26.2. The zero-order valence-electron chi connectivity index (χ0n) is 15.4. The van der Waals surface area contributed by atoms with Gasteiger partial charge < -0.3 is 0 Å². The first-order valence-corrected chi connectivity index (χ1v) is 10.3. The Morgan fingerprint density at radius 1 is 1.00 bits per heavy atom. The van der Waals surface area contributed by atoms with Crippen LogP contribution in [0.4, 0.5) is 0 Å². The van der Waals surface area contributed by atoms with Gasteiger partial charge >= 0.3 is 0 Å². The van der Waals surface area contributed by atoms with Crippen molar-refractivity contribution in [2.75, 3.05) is 12.3 Å². The van der Waals surface area contributed by atoms with E-state index in [-0.39, 0.29) is 11.8 Å². The summed E-state index contributed by atoms with van der Waals surface area (Å²) in [6.07, 6.45) is 1.77. The van der Waals surface area contributed by atoms with E-state index in [0.29, 0.717) is 46.0 Å². The summed E-state index contributed by atoms with van der Waals surface area (Å²) >= 11 is 7.42. The Hall–Kier alpha value is -2.90. The van der Waals surface area contributed by atoms with Crippen molar-refractivity contribution in [1.29, 1.82) is 0 Å². The average molecular weight is 425 g/mol. The molecule has 0 bridgehead atoms.